The predicted octanol–water partition coefficient (Wildman–Crippen LogP) is 5.68. The Balaban J connectivity index is 1.20. The van der Waals surface area contributed by atoms with Crippen LogP contribution in [-0.2, 0) is 11.2 Å². The van der Waals surface area contributed by atoms with Gasteiger partial charge in [-0.25, -0.2) is 15.0 Å². The van der Waals surface area contributed by atoms with E-state index in [4.69, 9.17) is 16.6 Å². The van der Waals surface area contributed by atoms with Gasteiger partial charge < -0.3 is 10.2 Å². The molecule has 6 nitrogen and oxygen atoms in total. The second-order valence-corrected chi connectivity index (χ2v) is 10.3. The molecule has 0 aliphatic carbocycles. The molecule has 0 atom stereocenters. The van der Waals surface area contributed by atoms with Crippen LogP contribution in [0.15, 0.2) is 77.8 Å². The number of likely N-dealkylation sites (N-methyl/N-ethyl adjacent to an activating group) is 1. The Hall–Kier alpha value is -3.35. The van der Waals surface area contributed by atoms with Crippen LogP contribution in [0.3, 0.4) is 0 Å². The number of rotatable bonds is 6. The van der Waals surface area contributed by atoms with Gasteiger partial charge in [0, 0.05) is 22.7 Å². The quantitative estimate of drug-likeness (QED) is 0.336. The summed E-state index contributed by atoms with van der Waals surface area (Å²) in [4.78, 5) is 20.1. The molecular formula is C29H33ClN5O+. The molecule has 0 radical (unpaired) electrons. The molecule has 36 heavy (non-hydrogen) atoms. The SMILES string of the molecule is C[N+]1(NC(=O)CCCCc2ccccc2)CCN(C2=Nc3cc(Cl)ccc3Nc3ccccc32)CC1. The minimum atomic E-state index is 0.129. The molecule has 0 saturated carbocycles. The van der Waals surface area contributed by atoms with Crippen molar-refractivity contribution < 1.29 is 9.39 Å². The van der Waals surface area contributed by atoms with Gasteiger partial charge in [-0.2, -0.15) is 0 Å². The van der Waals surface area contributed by atoms with E-state index in [1.54, 1.807) is 0 Å². The number of carbonyl (C=O) groups is 1. The smallest absolute Gasteiger partial charge is 0.264 e. The number of fused-ring (bicyclic) bond motifs is 2. The van der Waals surface area contributed by atoms with Gasteiger partial charge in [0.2, 0.25) is 0 Å². The number of unbranched alkanes of at least 4 members (excludes halogenated alkanes) is 1. The summed E-state index contributed by atoms with van der Waals surface area (Å²) in [5, 5.41) is 4.18. The fourth-order valence-electron chi connectivity index (χ4n) is 4.90. The lowest BCUT2D eigenvalue weighted by Crippen LogP contribution is -2.65. The Morgan fingerprint density at radius 1 is 1.00 bits per heavy atom. The Morgan fingerprint density at radius 3 is 2.56 bits per heavy atom. The second kappa shape index (κ2) is 10.7. The van der Waals surface area contributed by atoms with E-state index in [1.165, 1.54) is 5.56 Å². The number of quaternary nitrogens is 1. The van der Waals surface area contributed by atoms with Crippen LogP contribution in [-0.4, -0.2) is 54.5 Å². The molecule has 2 aliphatic rings. The number of carbonyl (C=O) groups excluding carboxylic acids is 1. The van der Waals surface area contributed by atoms with Crippen molar-refractivity contribution in [3.8, 4) is 0 Å². The Morgan fingerprint density at radius 2 is 1.75 bits per heavy atom. The Bertz CT molecular complexity index is 1250. The Kier molecular flexibility index (Phi) is 7.25. The van der Waals surface area contributed by atoms with Crippen LogP contribution in [0, 0.1) is 0 Å². The zero-order valence-electron chi connectivity index (χ0n) is 20.7. The number of benzene rings is 3. The van der Waals surface area contributed by atoms with Gasteiger partial charge in [0.15, 0.2) is 0 Å². The summed E-state index contributed by atoms with van der Waals surface area (Å²) in [6, 6.07) is 24.5. The lowest BCUT2D eigenvalue weighted by atomic mass is 10.1. The van der Waals surface area contributed by atoms with Crippen molar-refractivity contribution in [2.24, 2.45) is 4.99 Å². The van der Waals surface area contributed by atoms with Crippen LogP contribution in [0.1, 0.15) is 30.4 Å². The number of hydrogen-bond acceptors (Lipinski definition) is 4. The average molecular weight is 503 g/mol. The van der Waals surface area contributed by atoms with Gasteiger partial charge in [-0.15, -0.1) is 0 Å². The molecule has 3 aromatic carbocycles. The lowest BCUT2D eigenvalue weighted by molar-refractivity contribution is -0.946. The molecule has 1 fully saturated rings. The summed E-state index contributed by atoms with van der Waals surface area (Å²) in [6.45, 7) is 3.22. The summed E-state index contributed by atoms with van der Waals surface area (Å²) < 4.78 is 0.545. The third-order valence-electron chi connectivity index (χ3n) is 7.01. The highest BCUT2D eigenvalue weighted by atomic mass is 35.5. The third kappa shape index (κ3) is 5.72. The van der Waals surface area contributed by atoms with Gasteiger partial charge >= 0.3 is 0 Å². The van der Waals surface area contributed by atoms with Gasteiger partial charge in [0.1, 0.15) is 18.9 Å². The highest BCUT2D eigenvalue weighted by Crippen LogP contribution is 2.36. The summed E-state index contributed by atoms with van der Waals surface area (Å²) in [5.41, 5.74) is 8.49. The number of halogens is 1. The van der Waals surface area contributed by atoms with Crippen molar-refractivity contribution in [1.29, 1.82) is 0 Å². The van der Waals surface area contributed by atoms with Gasteiger partial charge in [0.05, 0.1) is 31.5 Å². The largest absolute Gasteiger partial charge is 0.353 e. The van der Waals surface area contributed by atoms with E-state index >= 15 is 0 Å². The van der Waals surface area contributed by atoms with Crippen molar-refractivity contribution in [3.63, 3.8) is 0 Å². The van der Waals surface area contributed by atoms with E-state index in [9.17, 15) is 4.79 Å². The van der Waals surface area contributed by atoms with Crippen LogP contribution < -0.4 is 10.7 Å². The van der Waals surface area contributed by atoms with Crippen LogP contribution in [0.2, 0.25) is 5.02 Å². The Labute approximate surface area is 218 Å². The van der Waals surface area contributed by atoms with Gasteiger partial charge in [-0.05, 0) is 55.2 Å². The highest BCUT2D eigenvalue weighted by molar-refractivity contribution is 6.31. The monoisotopic (exact) mass is 502 g/mol. The van der Waals surface area contributed by atoms with Crippen molar-refractivity contribution in [2.75, 3.05) is 38.5 Å². The summed E-state index contributed by atoms with van der Waals surface area (Å²) >= 11 is 6.28. The fourth-order valence-corrected chi connectivity index (χ4v) is 5.06. The fraction of sp³-hybridized carbons (Fsp3) is 0.310. The predicted molar refractivity (Wildman–Crippen MR) is 147 cm³/mol. The number of amidine groups is 1. The summed E-state index contributed by atoms with van der Waals surface area (Å²) in [6.07, 6.45) is 3.50. The van der Waals surface area contributed by atoms with Crippen LogP contribution >= 0.6 is 11.6 Å². The molecular weight excluding hydrogens is 470 g/mol. The minimum absolute atomic E-state index is 0.129. The van der Waals surface area contributed by atoms with Crippen LogP contribution in [0.25, 0.3) is 0 Å². The van der Waals surface area contributed by atoms with E-state index in [2.05, 4.69) is 59.1 Å². The number of piperazine rings is 1. The number of amides is 1. The zero-order valence-corrected chi connectivity index (χ0v) is 21.5. The molecule has 3 aromatic rings. The molecule has 5 rings (SSSR count). The van der Waals surface area contributed by atoms with Gasteiger partial charge in [0.25, 0.3) is 5.91 Å². The second-order valence-electron chi connectivity index (χ2n) is 9.83. The van der Waals surface area contributed by atoms with Gasteiger partial charge in [-0.3, -0.25) is 4.79 Å². The van der Waals surface area contributed by atoms with Gasteiger partial charge in [-0.1, -0.05) is 54.1 Å². The molecule has 2 N–H and O–H groups in total. The molecule has 2 heterocycles. The highest BCUT2D eigenvalue weighted by Gasteiger charge is 2.33. The van der Waals surface area contributed by atoms with Crippen LogP contribution in [0.4, 0.5) is 17.1 Å². The maximum atomic E-state index is 12.7. The van der Waals surface area contributed by atoms with E-state index in [0.717, 1.165) is 73.9 Å². The molecule has 186 valence electrons. The summed E-state index contributed by atoms with van der Waals surface area (Å²) in [7, 11) is 2.11. The third-order valence-corrected chi connectivity index (χ3v) is 7.24. The number of nitrogens with zero attached hydrogens (tertiary/aromatic N) is 3. The molecule has 0 unspecified atom stereocenters. The van der Waals surface area contributed by atoms with E-state index in [0.29, 0.717) is 16.0 Å². The normalized spacial score (nSPS) is 16.2. The first-order valence-corrected chi connectivity index (χ1v) is 13.1. The van der Waals surface area contributed by atoms with E-state index in [-0.39, 0.29) is 5.91 Å². The average Bonchev–Trinajstić information content (AvgIpc) is 3.04. The first-order valence-electron chi connectivity index (χ1n) is 12.7. The first-order chi connectivity index (χ1) is 17.5. The maximum absolute atomic E-state index is 12.7. The molecule has 0 spiro atoms. The summed E-state index contributed by atoms with van der Waals surface area (Å²) in [5.74, 6) is 1.07. The zero-order chi connectivity index (χ0) is 25.0. The minimum Gasteiger partial charge on any atom is -0.353 e. The molecule has 0 bridgehead atoms. The van der Waals surface area contributed by atoms with Crippen molar-refractivity contribution in [3.05, 3.63) is 88.9 Å². The van der Waals surface area contributed by atoms with Crippen LogP contribution in [0.5, 0.6) is 0 Å². The van der Waals surface area contributed by atoms with Crippen molar-refractivity contribution in [2.45, 2.75) is 25.7 Å². The molecule has 1 saturated heterocycles. The number of hydrogen-bond donors (Lipinski definition) is 2. The van der Waals surface area contributed by atoms with E-state index in [1.807, 2.05) is 36.4 Å². The number of para-hydroxylation sites is 1. The molecule has 0 aromatic heterocycles. The number of anilines is 2. The van der Waals surface area contributed by atoms with Crippen molar-refractivity contribution >= 4 is 40.4 Å². The topological polar surface area (TPSA) is 56.7 Å². The molecule has 7 heteroatoms. The number of aryl methyl sites for hydroxylation is 1. The van der Waals surface area contributed by atoms with Crippen molar-refractivity contribution in [1.82, 2.24) is 10.3 Å². The first kappa shape index (κ1) is 24.3. The van der Waals surface area contributed by atoms with E-state index < -0.39 is 0 Å². The molecule has 2 aliphatic heterocycles. The number of aliphatic imine (C=N–C) groups is 1. The lowest BCUT2D eigenvalue weighted by Gasteiger charge is -2.42. The standard InChI is InChI=1S/C29H32ClN5O/c1-35(33-28(36)14-8-5-11-22-9-3-2-4-10-22)19-17-34(18-20-35)29-24-12-6-7-13-25(24)31-26-16-15-23(30)21-27(26)32-29/h2-4,6-7,9-10,12-13,15-16,21H,5,8,11,14,17-20H2,1H3,(H-,31,32,33,36)/p+1. The molecule has 1 amide bonds. The number of nitrogens with one attached hydrogen (secondary N) is 2. The maximum Gasteiger partial charge on any atom is 0.264 e.